The van der Waals surface area contributed by atoms with Gasteiger partial charge in [-0.2, -0.15) is 13.2 Å². The lowest BCUT2D eigenvalue weighted by molar-refractivity contribution is -0.147. The van der Waals surface area contributed by atoms with Gasteiger partial charge in [0, 0.05) is 5.38 Å². The molecule has 15 heavy (non-hydrogen) atoms. The molecule has 0 aliphatic heterocycles. The van der Waals surface area contributed by atoms with Crippen LogP contribution in [0, 0.1) is 0 Å². The second kappa shape index (κ2) is 4.75. The molecule has 0 spiro atoms. The fraction of sp³-hybridized carbons (Fsp3) is 0.429. The Morgan fingerprint density at radius 1 is 1.67 bits per heavy atom. The van der Waals surface area contributed by atoms with E-state index < -0.39 is 12.2 Å². The smallest absolute Gasteiger partial charge is 0.363 e. The van der Waals surface area contributed by atoms with E-state index >= 15 is 0 Å². The zero-order valence-corrected chi connectivity index (χ0v) is 10.6. The summed E-state index contributed by atoms with van der Waals surface area (Å²) in [5.41, 5.74) is 0. The molecular formula is C7H6BrF3N2S2. The van der Waals surface area contributed by atoms with Crippen LogP contribution in [0.1, 0.15) is 11.9 Å². The quantitative estimate of drug-likeness (QED) is 0.848. The number of aromatic nitrogens is 1. The van der Waals surface area contributed by atoms with E-state index in [4.69, 9.17) is 12.2 Å². The van der Waals surface area contributed by atoms with E-state index in [1.807, 2.05) is 0 Å². The normalized spacial score (nSPS) is 13.7. The summed E-state index contributed by atoms with van der Waals surface area (Å²) in [5.74, 6) is 0. The summed E-state index contributed by atoms with van der Waals surface area (Å²) in [6, 6.07) is -1.67. The summed E-state index contributed by atoms with van der Waals surface area (Å²) in [7, 11) is 0. The van der Waals surface area contributed by atoms with Crippen molar-refractivity contribution >= 4 is 44.5 Å². The van der Waals surface area contributed by atoms with E-state index in [2.05, 4.69) is 26.2 Å². The fourth-order valence-corrected chi connectivity index (χ4v) is 2.22. The molecule has 0 saturated carbocycles. The first-order chi connectivity index (χ1) is 6.80. The van der Waals surface area contributed by atoms with Gasteiger partial charge >= 0.3 is 6.18 Å². The van der Waals surface area contributed by atoms with Crippen LogP contribution in [0.25, 0.3) is 0 Å². The Morgan fingerprint density at radius 3 is 2.67 bits per heavy atom. The molecule has 0 aliphatic carbocycles. The summed E-state index contributed by atoms with van der Waals surface area (Å²) < 4.78 is 37.1. The van der Waals surface area contributed by atoms with Gasteiger partial charge in [0.05, 0.1) is 0 Å². The number of hydrogen-bond donors (Lipinski definition) is 1. The molecule has 1 heterocycles. The van der Waals surface area contributed by atoms with Crippen LogP contribution in [-0.2, 0) is 0 Å². The molecule has 0 amide bonds. The van der Waals surface area contributed by atoms with Crippen LogP contribution >= 0.6 is 39.5 Å². The summed E-state index contributed by atoms with van der Waals surface area (Å²) in [4.78, 5) is 3.92. The lowest BCUT2D eigenvalue weighted by Crippen LogP contribution is -2.42. The molecule has 1 N–H and O–H groups in total. The van der Waals surface area contributed by atoms with Crippen molar-refractivity contribution in [2.75, 3.05) is 0 Å². The molecular weight excluding hydrogens is 313 g/mol. The Balaban J connectivity index is 2.64. The van der Waals surface area contributed by atoms with Crippen molar-refractivity contribution in [2.45, 2.75) is 19.1 Å². The van der Waals surface area contributed by atoms with Crippen LogP contribution in [0.15, 0.2) is 9.98 Å². The number of nitrogens with zero attached hydrogens (tertiary/aromatic N) is 1. The van der Waals surface area contributed by atoms with Gasteiger partial charge < -0.3 is 5.32 Å². The third-order valence-electron chi connectivity index (χ3n) is 1.51. The molecule has 1 aromatic rings. The highest BCUT2D eigenvalue weighted by molar-refractivity contribution is 9.10. The van der Waals surface area contributed by atoms with Crippen LogP contribution < -0.4 is 5.32 Å². The van der Waals surface area contributed by atoms with E-state index in [9.17, 15) is 13.2 Å². The molecule has 0 aromatic carbocycles. The molecule has 0 saturated heterocycles. The predicted molar refractivity (Wildman–Crippen MR) is 60.2 cm³/mol. The van der Waals surface area contributed by atoms with Gasteiger partial charge in [-0.05, 0) is 22.9 Å². The Hall–Kier alpha value is -0.210. The number of thiocarbonyl (C=S) groups is 1. The monoisotopic (exact) mass is 318 g/mol. The van der Waals surface area contributed by atoms with Crippen molar-refractivity contribution in [1.82, 2.24) is 10.3 Å². The summed E-state index contributed by atoms with van der Waals surface area (Å²) in [6.45, 7) is 1.01. The number of hydrogen-bond acceptors (Lipinski definition) is 3. The van der Waals surface area contributed by atoms with Gasteiger partial charge in [0.2, 0.25) is 0 Å². The largest absolute Gasteiger partial charge is 0.408 e. The lowest BCUT2D eigenvalue weighted by atomic mass is 10.3. The molecule has 1 atom stereocenters. The Bertz CT molecular complexity index is 363. The maximum Gasteiger partial charge on any atom is 0.408 e. The zero-order valence-electron chi connectivity index (χ0n) is 7.43. The van der Waals surface area contributed by atoms with Gasteiger partial charge in [-0.3, -0.25) is 0 Å². The van der Waals surface area contributed by atoms with Crippen molar-refractivity contribution in [3.05, 3.63) is 15.0 Å². The number of thiazole rings is 1. The van der Waals surface area contributed by atoms with Gasteiger partial charge in [-0.25, -0.2) is 4.98 Å². The third kappa shape index (κ3) is 3.69. The average Bonchev–Trinajstić information content (AvgIpc) is 2.50. The second-order valence-corrected chi connectivity index (χ2v) is 4.79. The molecule has 2 nitrogen and oxygen atoms in total. The predicted octanol–water partition coefficient (Wildman–Crippen LogP) is 3.12. The number of nitrogens with one attached hydrogen (secondary N) is 1. The highest BCUT2D eigenvalue weighted by atomic mass is 79.9. The summed E-state index contributed by atoms with van der Waals surface area (Å²) in [5, 5.41) is 4.21. The van der Waals surface area contributed by atoms with E-state index in [1.54, 1.807) is 5.38 Å². The molecule has 0 unspecified atom stereocenters. The molecule has 84 valence electrons. The zero-order chi connectivity index (χ0) is 11.6. The fourth-order valence-electron chi connectivity index (χ4n) is 0.699. The van der Waals surface area contributed by atoms with Crippen LogP contribution in [0.2, 0.25) is 0 Å². The Kier molecular flexibility index (Phi) is 4.07. The molecule has 0 bridgehead atoms. The Labute approximate surface area is 102 Å². The topological polar surface area (TPSA) is 24.9 Å². The van der Waals surface area contributed by atoms with E-state index in [1.165, 1.54) is 11.3 Å². The van der Waals surface area contributed by atoms with Crippen molar-refractivity contribution in [3.8, 4) is 0 Å². The highest BCUT2D eigenvalue weighted by Gasteiger charge is 2.36. The van der Waals surface area contributed by atoms with E-state index in [0.717, 1.165) is 6.92 Å². The minimum Gasteiger partial charge on any atom is -0.363 e. The van der Waals surface area contributed by atoms with Crippen LogP contribution in [0.4, 0.5) is 13.2 Å². The maximum absolute atomic E-state index is 12.2. The lowest BCUT2D eigenvalue weighted by Gasteiger charge is -2.17. The molecule has 8 heteroatoms. The molecule has 1 aromatic heterocycles. The minimum atomic E-state index is -4.31. The van der Waals surface area contributed by atoms with Crippen LogP contribution in [-0.4, -0.2) is 22.2 Å². The molecule has 0 aliphatic rings. The number of rotatable bonds is 2. The Morgan fingerprint density at radius 2 is 2.27 bits per heavy atom. The maximum atomic E-state index is 12.2. The van der Waals surface area contributed by atoms with Crippen molar-refractivity contribution in [3.63, 3.8) is 0 Å². The first-order valence-electron chi connectivity index (χ1n) is 3.79. The van der Waals surface area contributed by atoms with E-state index in [-0.39, 0.29) is 4.99 Å². The SMILES string of the molecule is C[C@@H](NC(=S)c1nc(Br)cs1)C(F)(F)F. The van der Waals surface area contributed by atoms with Crippen LogP contribution in [0.5, 0.6) is 0 Å². The number of alkyl halides is 3. The van der Waals surface area contributed by atoms with Gasteiger partial charge in [0.15, 0.2) is 5.01 Å². The summed E-state index contributed by atoms with van der Waals surface area (Å²) in [6.07, 6.45) is -4.31. The van der Waals surface area contributed by atoms with Gasteiger partial charge in [0.1, 0.15) is 15.6 Å². The van der Waals surface area contributed by atoms with Crippen molar-refractivity contribution in [1.29, 1.82) is 0 Å². The molecule has 1 rings (SSSR count). The minimum absolute atomic E-state index is 0.00975. The van der Waals surface area contributed by atoms with Crippen molar-refractivity contribution in [2.24, 2.45) is 0 Å². The van der Waals surface area contributed by atoms with Gasteiger partial charge in [-0.15, -0.1) is 11.3 Å². The van der Waals surface area contributed by atoms with Crippen LogP contribution in [0.3, 0.4) is 0 Å². The second-order valence-electron chi connectivity index (χ2n) is 2.71. The molecule has 0 fully saturated rings. The third-order valence-corrected chi connectivity index (χ3v) is 3.52. The standard InChI is InChI=1S/C7H6BrF3N2S2/c1-3(7(9,10)11)12-5(14)6-13-4(8)2-15-6/h2-3H,1H3,(H,12,14)/t3-/m1/s1. The van der Waals surface area contributed by atoms with Crippen molar-refractivity contribution < 1.29 is 13.2 Å². The molecule has 0 radical (unpaired) electrons. The van der Waals surface area contributed by atoms with Gasteiger partial charge in [0.25, 0.3) is 0 Å². The first-order valence-corrected chi connectivity index (χ1v) is 5.87. The number of halogens is 4. The van der Waals surface area contributed by atoms with E-state index in [0.29, 0.717) is 9.61 Å². The summed E-state index contributed by atoms with van der Waals surface area (Å²) >= 11 is 9.07. The van der Waals surface area contributed by atoms with Gasteiger partial charge in [-0.1, -0.05) is 12.2 Å². The average molecular weight is 319 g/mol. The highest BCUT2D eigenvalue weighted by Crippen LogP contribution is 2.21. The first kappa shape index (κ1) is 12.9.